The average Bonchev–Trinajstić information content (AvgIpc) is 1.13. The van der Waals surface area contributed by atoms with Gasteiger partial charge in [-0.05, 0) is 227 Å². The number of aryl methyl sites for hydroxylation is 1. The Morgan fingerprint density at radius 2 is 0.748 bits per heavy atom. The second kappa shape index (κ2) is 66.4. The molecule has 3 saturated heterocycles. The van der Waals surface area contributed by atoms with E-state index < -0.39 is 29.8 Å². The maximum absolute atomic E-state index is 15.2. The van der Waals surface area contributed by atoms with Crippen LogP contribution < -0.4 is 33.7 Å². The highest BCUT2D eigenvalue weighted by Crippen LogP contribution is 2.37. The number of hydrogen-bond acceptors (Lipinski definition) is 21. The molecule has 3 aliphatic heterocycles. The van der Waals surface area contributed by atoms with Crippen LogP contribution in [0.25, 0.3) is 33.4 Å². The number of carbonyl (C=O) groups is 5. The standard InChI is InChI=1S/C39H55NO7.C38H52O7.C36H52FNO5/c1-6-7-8-9-10-11-12-13-22-44-36-16-14-32(27-34(36)18-23-46-38(41)30(2)3)33-15-17-37(45-26-21-40-20-25-43-29-40)35(28-33)19-24-47-39(42)31(4)5;1-6-7-8-9-10-11-12-13-21-42-35-16-14-30(25-32(35)18-23-43-37(39)28(2)3)31-15-17-36(45-34-20-22-41-27-34)33(26-31)19-24-44-38(40)29(4)5;1-4-5-6-7-8-9-10-11-22-41-32-15-16-33(34(37)25-32)30-14-17-35(43-27-40-26-29-18-20-38-21-19-29)31(24-30)13-12-23-42-36(39)28(2)3/h14-17,27-28H,2,4,6-13,18-26,29H2,1,3,5H3;14-17,25-26,34H,2,4,6-13,18-24,27H2,1,3,5H3;14-17,24-25,29,38H,2,4-13,18-23,26-27H2,1,3H3. The zero-order chi connectivity index (χ0) is 97.0. The molecule has 0 bridgehead atoms. The molecule has 135 heavy (non-hydrogen) atoms. The van der Waals surface area contributed by atoms with E-state index in [0.717, 1.165) is 169 Å². The topological polar surface area (TPSA) is 230 Å². The van der Waals surface area contributed by atoms with Gasteiger partial charge in [0.1, 0.15) is 53.0 Å². The Balaban J connectivity index is 0.000000276. The number of unbranched alkanes of at least 4 members (excludes halogenated alkanes) is 21. The zero-order valence-electron chi connectivity index (χ0n) is 82.9. The summed E-state index contributed by atoms with van der Waals surface area (Å²) in [5.41, 5.74) is 11.9. The number of hydrogen-bond donors (Lipinski definition) is 1. The molecular formula is C113H159FN2O19. The minimum absolute atomic E-state index is 0.00132. The van der Waals surface area contributed by atoms with Crippen molar-refractivity contribution in [1.82, 2.24) is 10.2 Å². The molecule has 21 nitrogen and oxygen atoms in total. The number of nitrogens with zero attached hydrogens (tertiary/aromatic N) is 1. The van der Waals surface area contributed by atoms with Crippen molar-refractivity contribution < 1.29 is 94.7 Å². The van der Waals surface area contributed by atoms with Crippen LogP contribution in [-0.2, 0) is 94.0 Å². The fraction of sp³-hybridized carbons (Fsp3) is 0.549. The summed E-state index contributed by atoms with van der Waals surface area (Å²) < 4.78 is 95.7. The third-order valence-corrected chi connectivity index (χ3v) is 23.8. The van der Waals surface area contributed by atoms with Crippen LogP contribution in [0.15, 0.2) is 170 Å². The first-order valence-corrected chi connectivity index (χ1v) is 50.1. The first kappa shape index (κ1) is 112. The van der Waals surface area contributed by atoms with Crippen molar-refractivity contribution >= 4 is 29.8 Å². The summed E-state index contributed by atoms with van der Waals surface area (Å²) in [4.78, 5) is 62.0. The molecule has 3 aliphatic rings. The number of esters is 5. The van der Waals surface area contributed by atoms with Crippen LogP contribution >= 0.6 is 0 Å². The maximum atomic E-state index is 15.2. The lowest BCUT2D eigenvalue weighted by Crippen LogP contribution is -2.30. The van der Waals surface area contributed by atoms with Crippen molar-refractivity contribution in [1.29, 1.82) is 0 Å². The molecule has 0 radical (unpaired) electrons. The van der Waals surface area contributed by atoms with E-state index in [9.17, 15) is 24.0 Å². The van der Waals surface area contributed by atoms with Crippen molar-refractivity contribution in [2.75, 3.05) is 126 Å². The predicted octanol–water partition coefficient (Wildman–Crippen LogP) is 24.6. The minimum Gasteiger partial charge on any atom is -0.493 e. The number of halogens is 1. The van der Waals surface area contributed by atoms with Gasteiger partial charge in [0.15, 0.2) is 6.79 Å². The number of rotatable bonds is 65. The first-order valence-electron chi connectivity index (χ1n) is 50.1. The molecule has 22 heteroatoms. The van der Waals surface area contributed by atoms with Gasteiger partial charge in [-0.25, -0.2) is 28.4 Å². The molecule has 1 N–H and O–H groups in total. The van der Waals surface area contributed by atoms with Gasteiger partial charge >= 0.3 is 29.8 Å². The van der Waals surface area contributed by atoms with E-state index in [0.29, 0.717) is 142 Å². The molecule has 1 atom stereocenters. The van der Waals surface area contributed by atoms with Crippen LogP contribution in [0.1, 0.15) is 263 Å². The van der Waals surface area contributed by atoms with Gasteiger partial charge in [0.2, 0.25) is 0 Å². The number of ether oxygens (including phenoxy) is 14. The Bertz CT molecular complexity index is 4580. The molecule has 0 saturated carbocycles. The Hall–Kier alpha value is -10.1. The van der Waals surface area contributed by atoms with E-state index >= 15 is 4.39 Å². The fourth-order valence-electron chi connectivity index (χ4n) is 15.6. The molecule has 6 aromatic rings. The van der Waals surface area contributed by atoms with E-state index in [4.69, 9.17) is 66.3 Å². The molecular weight excluding hydrogens is 1710 g/mol. The minimum atomic E-state index is -0.405. The largest absolute Gasteiger partial charge is 0.493 e. The summed E-state index contributed by atoms with van der Waals surface area (Å²) in [6.45, 7) is 44.0. The van der Waals surface area contributed by atoms with Crippen LogP contribution in [0.5, 0.6) is 34.5 Å². The molecule has 0 aliphatic carbocycles. The van der Waals surface area contributed by atoms with Gasteiger partial charge < -0.3 is 71.6 Å². The van der Waals surface area contributed by atoms with Crippen molar-refractivity contribution in [3.63, 3.8) is 0 Å². The summed E-state index contributed by atoms with van der Waals surface area (Å²) in [5, 5.41) is 3.37. The third-order valence-electron chi connectivity index (χ3n) is 23.8. The molecule has 0 spiro atoms. The third kappa shape index (κ3) is 44.7. The van der Waals surface area contributed by atoms with E-state index in [2.05, 4.69) is 100 Å². The van der Waals surface area contributed by atoms with Gasteiger partial charge in [0.25, 0.3) is 0 Å². The van der Waals surface area contributed by atoms with Crippen LogP contribution in [0, 0.1) is 11.7 Å². The molecule has 1 unspecified atom stereocenters. The van der Waals surface area contributed by atoms with Crippen molar-refractivity contribution in [3.05, 3.63) is 204 Å². The van der Waals surface area contributed by atoms with E-state index in [1.54, 1.807) is 40.7 Å². The van der Waals surface area contributed by atoms with Crippen LogP contribution in [0.4, 0.5) is 4.39 Å². The molecule has 3 fully saturated rings. The zero-order valence-corrected chi connectivity index (χ0v) is 82.9. The number of benzene rings is 6. The molecule has 6 aromatic carbocycles. The van der Waals surface area contributed by atoms with Gasteiger partial charge in [-0.2, -0.15) is 0 Å². The Labute approximate surface area is 806 Å². The monoisotopic (exact) mass is 1870 g/mol. The second-order valence-electron chi connectivity index (χ2n) is 35.8. The molecule has 0 aromatic heterocycles. The summed E-state index contributed by atoms with van der Waals surface area (Å²) in [7, 11) is 0. The maximum Gasteiger partial charge on any atom is 0.333 e. The van der Waals surface area contributed by atoms with Crippen LogP contribution in [0.3, 0.4) is 0 Å². The van der Waals surface area contributed by atoms with Gasteiger partial charge in [0, 0.05) is 84.7 Å². The highest BCUT2D eigenvalue weighted by Gasteiger charge is 2.23. The highest BCUT2D eigenvalue weighted by atomic mass is 19.1. The van der Waals surface area contributed by atoms with Gasteiger partial charge in [-0.15, -0.1) is 0 Å². The first-order chi connectivity index (χ1) is 65.5. The Morgan fingerprint density at radius 1 is 0.378 bits per heavy atom. The van der Waals surface area contributed by atoms with Crippen molar-refractivity contribution in [2.45, 2.75) is 273 Å². The predicted molar refractivity (Wildman–Crippen MR) is 537 cm³/mol. The quantitative estimate of drug-likeness (QED) is 0.0123. The highest BCUT2D eigenvalue weighted by molar-refractivity contribution is 5.89. The summed E-state index contributed by atoms with van der Waals surface area (Å²) >= 11 is 0. The van der Waals surface area contributed by atoms with Gasteiger partial charge in [-0.1, -0.05) is 219 Å². The molecule has 0 amide bonds. The van der Waals surface area contributed by atoms with Crippen LogP contribution in [0.2, 0.25) is 0 Å². The molecule has 742 valence electrons. The Kier molecular flexibility index (Phi) is 55.0. The summed E-state index contributed by atoms with van der Waals surface area (Å²) in [6, 6.07) is 35.3. The van der Waals surface area contributed by atoms with E-state index in [1.807, 2.05) is 60.7 Å². The SMILES string of the molecule is C=C(C)C(=O)OCCCc1cc(-c2ccc(OCCCCCCCCCC)cc2F)ccc1OCOCC1CCNCC1.C=C(C)C(=O)OCCc1cc(-c2ccc(OC3CCOC3)c(CCOC(=O)C(=C)C)c2)ccc1OCCCCCCCCCC.C=C(C)C(=O)OCCc1cc(-c2ccc(OCCN3CCOC3)c(CCOC(=O)C(=C)C)c2)ccc1OCCCCCCCCCC. The average molecular weight is 1870 g/mol. The van der Waals surface area contributed by atoms with Crippen LogP contribution in [-0.4, -0.2) is 166 Å². The van der Waals surface area contributed by atoms with Crippen molar-refractivity contribution in [2.24, 2.45) is 5.92 Å². The molecule has 9 rings (SSSR count). The normalized spacial score (nSPS) is 13.5. The summed E-state index contributed by atoms with van der Waals surface area (Å²) in [5.74, 6) is 2.59. The van der Waals surface area contributed by atoms with E-state index in [-0.39, 0.29) is 51.7 Å². The molecule has 3 heterocycles. The van der Waals surface area contributed by atoms with Gasteiger partial charge in [0.05, 0.1) is 86.0 Å². The lowest BCUT2D eigenvalue weighted by molar-refractivity contribution is -0.139. The summed E-state index contributed by atoms with van der Waals surface area (Å²) in [6.07, 6.45) is 36.0. The van der Waals surface area contributed by atoms with Gasteiger partial charge in [-0.3, -0.25) is 4.90 Å². The lowest BCUT2D eigenvalue weighted by atomic mass is 9.98. The second-order valence-corrected chi connectivity index (χ2v) is 35.8. The Morgan fingerprint density at radius 3 is 1.15 bits per heavy atom. The number of piperidine rings is 1. The number of carbonyl (C=O) groups excluding carboxylic acids is 5. The van der Waals surface area contributed by atoms with Crippen molar-refractivity contribution in [3.8, 4) is 67.9 Å². The smallest absolute Gasteiger partial charge is 0.333 e. The number of nitrogens with one attached hydrogen (secondary N) is 1. The van der Waals surface area contributed by atoms with E-state index in [1.165, 1.54) is 122 Å². The lowest BCUT2D eigenvalue weighted by Gasteiger charge is -2.22. The fourth-order valence-corrected chi connectivity index (χ4v) is 15.6.